The molecule has 1 heterocycles. The zero-order valence-electron chi connectivity index (χ0n) is 12.0. The van der Waals surface area contributed by atoms with Gasteiger partial charge in [0.1, 0.15) is 11.6 Å². The molecule has 0 saturated heterocycles. The molecular formula is C15H18BrF2N3. The quantitative estimate of drug-likeness (QED) is 0.885. The fourth-order valence-corrected chi connectivity index (χ4v) is 3.11. The molecule has 1 aromatic carbocycles. The maximum absolute atomic E-state index is 13.8. The molecule has 1 aromatic heterocycles. The van der Waals surface area contributed by atoms with Crippen molar-refractivity contribution in [2.45, 2.75) is 39.3 Å². The second-order valence-electron chi connectivity index (χ2n) is 4.82. The second kappa shape index (κ2) is 6.66. The van der Waals surface area contributed by atoms with Gasteiger partial charge in [0.15, 0.2) is 0 Å². The molecule has 0 bridgehead atoms. The topological polar surface area (TPSA) is 43.8 Å². The number of hydrogen-bond acceptors (Lipinski definition) is 2. The predicted molar refractivity (Wildman–Crippen MR) is 82.0 cm³/mol. The predicted octanol–water partition coefficient (Wildman–Crippen LogP) is 3.75. The Morgan fingerprint density at radius 1 is 1.29 bits per heavy atom. The number of rotatable bonds is 5. The van der Waals surface area contributed by atoms with Gasteiger partial charge in [-0.1, -0.05) is 13.0 Å². The Morgan fingerprint density at radius 3 is 2.43 bits per heavy atom. The van der Waals surface area contributed by atoms with Gasteiger partial charge in [0.25, 0.3) is 0 Å². The number of nitrogens with two attached hydrogens (primary N) is 1. The summed E-state index contributed by atoms with van der Waals surface area (Å²) >= 11 is 3.51. The fraction of sp³-hybridized carbons (Fsp3) is 0.400. The van der Waals surface area contributed by atoms with Gasteiger partial charge in [-0.15, -0.1) is 0 Å². The molecule has 0 aliphatic carbocycles. The SMILES string of the molecule is CCc1nn(CC)c(CC(N)c2c(F)cccc2F)c1Br. The van der Waals surface area contributed by atoms with E-state index in [1.165, 1.54) is 18.2 Å². The number of nitrogens with zero attached hydrogens (tertiary/aromatic N) is 2. The molecule has 1 unspecified atom stereocenters. The van der Waals surface area contributed by atoms with Gasteiger partial charge in [-0.3, -0.25) is 4.68 Å². The van der Waals surface area contributed by atoms with Crippen molar-refractivity contribution < 1.29 is 8.78 Å². The summed E-state index contributed by atoms with van der Waals surface area (Å²) in [7, 11) is 0. The Labute approximate surface area is 131 Å². The van der Waals surface area contributed by atoms with Crippen LogP contribution in [0.3, 0.4) is 0 Å². The average Bonchev–Trinajstić information content (AvgIpc) is 2.75. The van der Waals surface area contributed by atoms with Crippen molar-refractivity contribution in [3.63, 3.8) is 0 Å². The molecule has 3 nitrogen and oxygen atoms in total. The lowest BCUT2D eigenvalue weighted by Crippen LogP contribution is -2.19. The fourth-order valence-electron chi connectivity index (χ4n) is 2.39. The summed E-state index contributed by atoms with van der Waals surface area (Å²) in [5, 5.41) is 4.47. The first kappa shape index (κ1) is 16.1. The third-order valence-electron chi connectivity index (χ3n) is 3.48. The minimum absolute atomic E-state index is 0.0775. The van der Waals surface area contributed by atoms with Crippen molar-refractivity contribution in [2.75, 3.05) is 0 Å². The highest BCUT2D eigenvalue weighted by atomic mass is 79.9. The number of hydrogen-bond donors (Lipinski definition) is 1. The molecule has 0 spiro atoms. The lowest BCUT2D eigenvalue weighted by atomic mass is 10.0. The van der Waals surface area contributed by atoms with Crippen LogP contribution in [0, 0.1) is 11.6 Å². The number of halogens is 3. The average molecular weight is 358 g/mol. The Morgan fingerprint density at radius 2 is 1.90 bits per heavy atom. The van der Waals surface area contributed by atoms with E-state index in [0.717, 1.165) is 22.3 Å². The maximum atomic E-state index is 13.8. The van der Waals surface area contributed by atoms with Crippen LogP contribution >= 0.6 is 15.9 Å². The summed E-state index contributed by atoms with van der Waals surface area (Å²) in [6, 6.07) is 3.03. The van der Waals surface area contributed by atoms with Crippen molar-refractivity contribution in [1.82, 2.24) is 9.78 Å². The lowest BCUT2D eigenvalue weighted by molar-refractivity contribution is 0.512. The molecule has 0 amide bonds. The maximum Gasteiger partial charge on any atom is 0.130 e. The van der Waals surface area contributed by atoms with E-state index in [-0.39, 0.29) is 5.56 Å². The van der Waals surface area contributed by atoms with Gasteiger partial charge >= 0.3 is 0 Å². The monoisotopic (exact) mass is 357 g/mol. The zero-order valence-corrected chi connectivity index (χ0v) is 13.6. The third-order valence-corrected chi connectivity index (χ3v) is 4.39. The summed E-state index contributed by atoms with van der Waals surface area (Å²) in [5.41, 5.74) is 7.74. The molecule has 0 saturated carbocycles. The van der Waals surface area contributed by atoms with Crippen LogP contribution in [-0.4, -0.2) is 9.78 Å². The van der Waals surface area contributed by atoms with Gasteiger partial charge in [0.05, 0.1) is 15.9 Å². The molecule has 114 valence electrons. The first-order chi connectivity index (χ1) is 9.99. The van der Waals surface area contributed by atoms with E-state index >= 15 is 0 Å². The van der Waals surface area contributed by atoms with Crippen LogP contribution in [0.15, 0.2) is 22.7 Å². The molecular weight excluding hydrogens is 340 g/mol. The molecule has 2 N–H and O–H groups in total. The highest BCUT2D eigenvalue weighted by Gasteiger charge is 2.21. The van der Waals surface area contributed by atoms with Crippen molar-refractivity contribution in [3.05, 3.63) is 51.3 Å². The molecule has 2 aromatic rings. The Bertz CT molecular complexity index is 620. The number of benzene rings is 1. The number of aromatic nitrogens is 2. The number of aryl methyl sites for hydroxylation is 2. The summed E-state index contributed by atoms with van der Waals surface area (Å²) < 4.78 is 30.3. The van der Waals surface area contributed by atoms with Crippen LogP contribution in [-0.2, 0) is 19.4 Å². The van der Waals surface area contributed by atoms with Gasteiger partial charge in [-0.05, 0) is 41.4 Å². The van der Waals surface area contributed by atoms with Crippen LogP contribution in [0.2, 0.25) is 0 Å². The van der Waals surface area contributed by atoms with Gasteiger partial charge in [-0.25, -0.2) is 8.78 Å². The van der Waals surface area contributed by atoms with Crippen molar-refractivity contribution in [3.8, 4) is 0 Å². The minimum Gasteiger partial charge on any atom is -0.323 e. The molecule has 1 atom stereocenters. The zero-order chi connectivity index (χ0) is 15.6. The van der Waals surface area contributed by atoms with E-state index in [0.29, 0.717) is 13.0 Å². The van der Waals surface area contributed by atoms with E-state index < -0.39 is 17.7 Å². The Balaban J connectivity index is 2.36. The first-order valence-electron chi connectivity index (χ1n) is 6.93. The highest BCUT2D eigenvalue weighted by Crippen LogP contribution is 2.28. The standard InChI is InChI=1S/C15H18BrF2N3/c1-3-12-15(16)13(21(4-2)20-12)8-11(19)14-9(17)6-5-7-10(14)18/h5-7,11H,3-4,8,19H2,1-2H3. The summed E-state index contributed by atoms with van der Waals surface area (Å²) in [6.45, 7) is 4.66. The lowest BCUT2D eigenvalue weighted by Gasteiger charge is -2.15. The van der Waals surface area contributed by atoms with Crippen LogP contribution in [0.25, 0.3) is 0 Å². The minimum atomic E-state index is -0.755. The van der Waals surface area contributed by atoms with E-state index in [1.807, 2.05) is 18.5 Å². The smallest absolute Gasteiger partial charge is 0.130 e. The normalized spacial score (nSPS) is 12.7. The van der Waals surface area contributed by atoms with E-state index in [9.17, 15) is 8.78 Å². The molecule has 21 heavy (non-hydrogen) atoms. The summed E-state index contributed by atoms with van der Waals surface area (Å²) in [4.78, 5) is 0. The van der Waals surface area contributed by atoms with Gasteiger partial charge in [-0.2, -0.15) is 5.10 Å². The molecule has 0 aliphatic heterocycles. The van der Waals surface area contributed by atoms with Crippen LogP contribution < -0.4 is 5.73 Å². The third kappa shape index (κ3) is 3.16. The summed E-state index contributed by atoms with van der Waals surface area (Å²) in [6.07, 6.45) is 1.10. The Hall–Kier alpha value is -1.27. The van der Waals surface area contributed by atoms with Gasteiger partial charge in [0.2, 0.25) is 0 Å². The molecule has 0 fully saturated rings. The Kier molecular flexibility index (Phi) is 5.11. The van der Waals surface area contributed by atoms with Crippen molar-refractivity contribution in [2.24, 2.45) is 5.73 Å². The van der Waals surface area contributed by atoms with Gasteiger partial charge < -0.3 is 5.73 Å². The van der Waals surface area contributed by atoms with Crippen LogP contribution in [0.1, 0.15) is 36.8 Å². The van der Waals surface area contributed by atoms with Gasteiger partial charge in [0, 0.05) is 24.6 Å². The van der Waals surface area contributed by atoms with E-state index in [1.54, 1.807) is 0 Å². The van der Waals surface area contributed by atoms with Crippen LogP contribution in [0.5, 0.6) is 0 Å². The molecule has 0 aliphatic rings. The largest absolute Gasteiger partial charge is 0.323 e. The van der Waals surface area contributed by atoms with Crippen molar-refractivity contribution in [1.29, 1.82) is 0 Å². The van der Waals surface area contributed by atoms with Crippen LogP contribution in [0.4, 0.5) is 8.78 Å². The highest BCUT2D eigenvalue weighted by molar-refractivity contribution is 9.10. The first-order valence-corrected chi connectivity index (χ1v) is 7.72. The summed E-state index contributed by atoms with van der Waals surface area (Å²) in [5.74, 6) is -1.23. The second-order valence-corrected chi connectivity index (χ2v) is 5.62. The van der Waals surface area contributed by atoms with E-state index in [2.05, 4.69) is 21.0 Å². The molecule has 0 radical (unpaired) electrons. The molecule has 2 rings (SSSR count). The molecule has 6 heteroatoms. The van der Waals surface area contributed by atoms with Crippen molar-refractivity contribution >= 4 is 15.9 Å². The van der Waals surface area contributed by atoms with E-state index in [4.69, 9.17) is 5.73 Å².